The van der Waals surface area contributed by atoms with Crippen molar-refractivity contribution in [1.82, 2.24) is 25.1 Å². The Bertz CT molecular complexity index is 743. The summed E-state index contributed by atoms with van der Waals surface area (Å²) in [7, 11) is 1.83. The molecule has 6 nitrogen and oxygen atoms in total. The Balaban J connectivity index is 0.00000300. The molecule has 2 N–H and O–H groups in total. The van der Waals surface area contributed by atoms with Crippen molar-refractivity contribution in [3.8, 4) is 0 Å². The van der Waals surface area contributed by atoms with Crippen molar-refractivity contribution in [3.63, 3.8) is 0 Å². The molecule has 1 aromatic carbocycles. The Morgan fingerprint density at radius 3 is 2.76 bits per heavy atom. The van der Waals surface area contributed by atoms with E-state index in [0.717, 1.165) is 31.4 Å². The summed E-state index contributed by atoms with van der Waals surface area (Å²) in [5.74, 6) is 2.48. The number of nitrogens with one attached hydrogen (secondary N) is 2. The van der Waals surface area contributed by atoms with Crippen molar-refractivity contribution in [2.75, 3.05) is 20.1 Å². The Labute approximate surface area is 192 Å². The first-order valence-electron chi connectivity index (χ1n) is 10.4. The lowest BCUT2D eigenvalue weighted by molar-refractivity contribution is 0.245. The molecule has 0 bridgehead atoms. The zero-order valence-corrected chi connectivity index (χ0v) is 20.2. The van der Waals surface area contributed by atoms with Crippen LogP contribution in [-0.2, 0) is 19.6 Å². The molecule has 0 amide bonds. The normalized spacial score (nSPS) is 17.4. The van der Waals surface area contributed by atoms with Gasteiger partial charge in [0, 0.05) is 45.1 Å². The van der Waals surface area contributed by atoms with Gasteiger partial charge in [-0.2, -0.15) is 0 Å². The predicted octanol–water partition coefficient (Wildman–Crippen LogP) is 3.49. The Kier molecular flexibility index (Phi) is 9.93. The highest BCUT2D eigenvalue weighted by Crippen LogP contribution is 2.19. The molecule has 1 saturated heterocycles. The molecule has 1 aliphatic heterocycles. The lowest BCUT2D eigenvalue weighted by Crippen LogP contribution is -2.44. The fourth-order valence-corrected chi connectivity index (χ4v) is 3.82. The number of imidazole rings is 1. The second kappa shape index (κ2) is 12.2. The minimum absolute atomic E-state index is 0. The largest absolute Gasteiger partial charge is 0.355 e. The van der Waals surface area contributed by atoms with Crippen LogP contribution in [0.2, 0.25) is 0 Å². The minimum Gasteiger partial charge on any atom is -0.355 e. The maximum atomic E-state index is 4.48. The van der Waals surface area contributed by atoms with Crippen molar-refractivity contribution < 1.29 is 0 Å². The van der Waals surface area contributed by atoms with Crippen molar-refractivity contribution in [2.45, 2.75) is 52.4 Å². The summed E-state index contributed by atoms with van der Waals surface area (Å²) in [5.41, 5.74) is 1.38. The van der Waals surface area contributed by atoms with Crippen LogP contribution in [0.1, 0.15) is 38.1 Å². The van der Waals surface area contributed by atoms with Crippen LogP contribution in [0.15, 0.2) is 47.7 Å². The number of halogens is 1. The number of rotatable bonds is 8. The number of benzene rings is 1. The van der Waals surface area contributed by atoms with Gasteiger partial charge in [-0.1, -0.05) is 44.2 Å². The molecule has 160 valence electrons. The van der Waals surface area contributed by atoms with Crippen LogP contribution >= 0.6 is 24.0 Å². The van der Waals surface area contributed by atoms with Gasteiger partial charge in [-0.05, 0) is 30.9 Å². The quantitative estimate of drug-likeness (QED) is 0.325. The Hall–Kier alpha value is -1.61. The lowest BCUT2D eigenvalue weighted by atomic mass is 10.2. The van der Waals surface area contributed by atoms with E-state index < -0.39 is 0 Å². The summed E-state index contributed by atoms with van der Waals surface area (Å²) in [6.07, 6.45) is 6.41. The summed E-state index contributed by atoms with van der Waals surface area (Å²) in [4.78, 5) is 11.4. The highest BCUT2D eigenvalue weighted by atomic mass is 127. The van der Waals surface area contributed by atoms with Crippen molar-refractivity contribution in [1.29, 1.82) is 0 Å². The van der Waals surface area contributed by atoms with Gasteiger partial charge in [-0.15, -0.1) is 24.0 Å². The third kappa shape index (κ3) is 7.29. The number of guanidine groups is 1. The van der Waals surface area contributed by atoms with Gasteiger partial charge in [0.1, 0.15) is 5.82 Å². The van der Waals surface area contributed by atoms with Crippen LogP contribution in [0.3, 0.4) is 0 Å². The molecular weight excluding hydrogens is 475 g/mol. The predicted molar refractivity (Wildman–Crippen MR) is 131 cm³/mol. The average Bonchev–Trinajstić information content (AvgIpc) is 3.32. The Morgan fingerprint density at radius 1 is 1.24 bits per heavy atom. The van der Waals surface area contributed by atoms with Crippen molar-refractivity contribution in [2.24, 2.45) is 10.9 Å². The van der Waals surface area contributed by atoms with E-state index in [1.165, 1.54) is 24.9 Å². The van der Waals surface area contributed by atoms with Gasteiger partial charge >= 0.3 is 0 Å². The second-order valence-electron chi connectivity index (χ2n) is 7.95. The molecule has 1 aliphatic rings. The van der Waals surface area contributed by atoms with E-state index in [4.69, 9.17) is 0 Å². The van der Waals surface area contributed by atoms with Gasteiger partial charge in [0.25, 0.3) is 0 Å². The van der Waals surface area contributed by atoms with Crippen LogP contribution in [0.4, 0.5) is 0 Å². The van der Waals surface area contributed by atoms with Gasteiger partial charge in [0.2, 0.25) is 0 Å². The van der Waals surface area contributed by atoms with E-state index in [1.54, 1.807) is 0 Å². The molecule has 29 heavy (non-hydrogen) atoms. The molecule has 0 aliphatic carbocycles. The zero-order chi connectivity index (χ0) is 19.8. The first-order valence-corrected chi connectivity index (χ1v) is 10.4. The van der Waals surface area contributed by atoms with E-state index in [0.29, 0.717) is 18.5 Å². The Morgan fingerprint density at radius 2 is 2.03 bits per heavy atom. The fourth-order valence-electron chi connectivity index (χ4n) is 3.82. The van der Waals surface area contributed by atoms with Gasteiger partial charge in [0.05, 0.1) is 6.54 Å². The third-order valence-electron chi connectivity index (χ3n) is 5.23. The third-order valence-corrected chi connectivity index (χ3v) is 5.23. The van der Waals surface area contributed by atoms with E-state index in [9.17, 15) is 0 Å². The zero-order valence-electron chi connectivity index (χ0n) is 17.8. The maximum Gasteiger partial charge on any atom is 0.191 e. The topological polar surface area (TPSA) is 57.5 Å². The molecule has 2 heterocycles. The number of hydrogen-bond donors (Lipinski definition) is 2. The van der Waals surface area contributed by atoms with Crippen LogP contribution in [0.5, 0.6) is 0 Å². The molecule has 1 aromatic heterocycles. The summed E-state index contributed by atoms with van der Waals surface area (Å²) in [5, 5.41) is 6.92. The van der Waals surface area contributed by atoms with Crippen LogP contribution in [-0.4, -0.2) is 46.6 Å². The molecule has 0 radical (unpaired) electrons. The van der Waals surface area contributed by atoms with Crippen LogP contribution in [0.25, 0.3) is 0 Å². The van der Waals surface area contributed by atoms with Crippen molar-refractivity contribution in [3.05, 3.63) is 54.1 Å². The molecule has 1 atom stereocenters. The first-order chi connectivity index (χ1) is 13.7. The van der Waals surface area contributed by atoms with E-state index >= 15 is 0 Å². The number of nitrogens with zero attached hydrogens (tertiary/aromatic N) is 4. The van der Waals surface area contributed by atoms with Gasteiger partial charge in [0.15, 0.2) is 5.96 Å². The number of likely N-dealkylation sites (tertiary alicyclic amines) is 1. The number of aliphatic imine (C=N–C) groups is 1. The monoisotopic (exact) mass is 510 g/mol. The van der Waals surface area contributed by atoms with Crippen molar-refractivity contribution >= 4 is 29.9 Å². The SMILES string of the molecule is CN=C(NCc1nccn1CC(C)C)NCC1CCCN1Cc1ccccc1.I. The lowest BCUT2D eigenvalue weighted by Gasteiger charge is -2.25. The minimum atomic E-state index is 0. The summed E-state index contributed by atoms with van der Waals surface area (Å²) >= 11 is 0. The van der Waals surface area contributed by atoms with Crippen LogP contribution < -0.4 is 10.6 Å². The van der Waals surface area contributed by atoms with E-state index in [-0.39, 0.29) is 24.0 Å². The fraction of sp³-hybridized carbons (Fsp3) is 0.545. The molecule has 0 spiro atoms. The highest BCUT2D eigenvalue weighted by molar-refractivity contribution is 14.0. The van der Waals surface area contributed by atoms with Gasteiger partial charge in [-0.3, -0.25) is 9.89 Å². The number of aromatic nitrogens is 2. The molecule has 3 rings (SSSR count). The van der Waals surface area contributed by atoms with Crippen LogP contribution in [0, 0.1) is 5.92 Å². The second-order valence-corrected chi connectivity index (χ2v) is 7.95. The molecule has 1 fully saturated rings. The molecule has 0 saturated carbocycles. The number of hydrogen-bond acceptors (Lipinski definition) is 3. The van der Waals surface area contributed by atoms with E-state index in [1.807, 2.05) is 19.4 Å². The molecular formula is C22H35IN6. The smallest absolute Gasteiger partial charge is 0.191 e. The first kappa shape index (κ1) is 23.7. The molecule has 1 unspecified atom stereocenters. The average molecular weight is 510 g/mol. The summed E-state index contributed by atoms with van der Waals surface area (Å²) in [6, 6.07) is 11.3. The summed E-state index contributed by atoms with van der Waals surface area (Å²) < 4.78 is 2.21. The summed E-state index contributed by atoms with van der Waals surface area (Å²) in [6.45, 7) is 9.21. The molecule has 7 heteroatoms. The molecule has 2 aromatic rings. The standard InChI is InChI=1S/C22H34N6.HI/c1-18(2)16-28-13-11-24-21(28)15-26-22(23-3)25-14-20-10-7-12-27(20)17-19-8-5-4-6-9-19;/h4-6,8-9,11,13,18,20H,7,10,12,14-17H2,1-3H3,(H2,23,25,26);1H. The maximum absolute atomic E-state index is 4.48. The van der Waals surface area contributed by atoms with E-state index in [2.05, 4.69) is 74.3 Å². The van der Waals surface area contributed by atoms with Gasteiger partial charge in [-0.25, -0.2) is 4.98 Å². The highest BCUT2D eigenvalue weighted by Gasteiger charge is 2.24. The van der Waals surface area contributed by atoms with Gasteiger partial charge < -0.3 is 15.2 Å².